The van der Waals surface area contributed by atoms with Crippen molar-refractivity contribution >= 4 is 0 Å². The van der Waals surface area contributed by atoms with Crippen LogP contribution in [0.3, 0.4) is 0 Å². The Bertz CT molecular complexity index is 125. The second-order valence-electron chi connectivity index (χ2n) is 4.32. The standard InChI is InChI=1S/C10H21NO/c1-8(2)7-11-9-4-3-5-10(12)6-9/h8-12H,3-7H2,1-2H3. The van der Waals surface area contributed by atoms with Crippen LogP contribution < -0.4 is 5.32 Å². The molecule has 0 bridgehead atoms. The predicted octanol–water partition coefficient (Wildman–Crippen LogP) is 1.54. The fourth-order valence-electron chi connectivity index (χ4n) is 1.75. The van der Waals surface area contributed by atoms with Crippen LogP contribution in [0.25, 0.3) is 0 Å². The molecule has 2 nitrogen and oxygen atoms in total. The van der Waals surface area contributed by atoms with E-state index < -0.39 is 0 Å². The van der Waals surface area contributed by atoms with Crippen LogP contribution in [0.4, 0.5) is 0 Å². The third-order valence-corrected chi connectivity index (χ3v) is 2.46. The molecule has 0 heterocycles. The lowest BCUT2D eigenvalue weighted by Gasteiger charge is -2.27. The van der Waals surface area contributed by atoms with Gasteiger partial charge < -0.3 is 10.4 Å². The zero-order valence-corrected chi connectivity index (χ0v) is 8.21. The molecule has 1 fully saturated rings. The van der Waals surface area contributed by atoms with Crippen LogP contribution in [0.2, 0.25) is 0 Å². The van der Waals surface area contributed by atoms with Gasteiger partial charge in [0.2, 0.25) is 0 Å². The van der Waals surface area contributed by atoms with E-state index in [2.05, 4.69) is 19.2 Å². The fraction of sp³-hybridized carbons (Fsp3) is 1.00. The molecule has 0 radical (unpaired) electrons. The van der Waals surface area contributed by atoms with Gasteiger partial charge in [-0.25, -0.2) is 0 Å². The molecule has 12 heavy (non-hydrogen) atoms. The molecule has 1 aliphatic carbocycles. The largest absolute Gasteiger partial charge is 0.393 e. The van der Waals surface area contributed by atoms with Gasteiger partial charge in [-0.1, -0.05) is 13.8 Å². The van der Waals surface area contributed by atoms with Gasteiger partial charge in [0, 0.05) is 6.04 Å². The summed E-state index contributed by atoms with van der Waals surface area (Å²) < 4.78 is 0. The van der Waals surface area contributed by atoms with Gasteiger partial charge in [-0.3, -0.25) is 0 Å². The molecule has 0 aromatic rings. The quantitative estimate of drug-likeness (QED) is 0.675. The van der Waals surface area contributed by atoms with E-state index >= 15 is 0 Å². The third kappa shape index (κ3) is 3.55. The van der Waals surface area contributed by atoms with Gasteiger partial charge in [0.05, 0.1) is 6.10 Å². The monoisotopic (exact) mass is 171 g/mol. The Hall–Kier alpha value is -0.0800. The number of hydrogen-bond acceptors (Lipinski definition) is 2. The van der Waals surface area contributed by atoms with Crippen LogP contribution in [-0.2, 0) is 0 Å². The van der Waals surface area contributed by atoms with Crippen molar-refractivity contribution in [2.75, 3.05) is 6.54 Å². The number of nitrogens with one attached hydrogen (secondary N) is 1. The molecule has 2 N–H and O–H groups in total. The van der Waals surface area contributed by atoms with Gasteiger partial charge in [0.15, 0.2) is 0 Å². The van der Waals surface area contributed by atoms with Crippen molar-refractivity contribution in [1.82, 2.24) is 5.32 Å². The highest BCUT2D eigenvalue weighted by Gasteiger charge is 2.19. The summed E-state index contributed by atoms with van der Waals surface area (Å²) in [5, 5.41) is 12.9. The summed E-state index contributed by atoms with van der Waals surface area (Å²) >= 11 is 0. The van der Waals surface area contributed by atoms with Crippen LogP contribution in [0.15, 0.2) is 0 Å². The summed E-state index contributed by atoms with van der Waals surface area (Å²) in [6.07, 6.45) is 4.32. The molecule has 2 unspecified atom stereocenters. The first-order valence-corrected chi connectivity index (χ1v) is 5.10. The van der Waals surface area contributed by atoms with Crippen molar-refractivity contribution in [2.24, 2.45) is 5.92 Å². The summed E-state index contributed by atoms with van der Waals surface area (Å²) in [4.78, 5) is 0. The minimum absolute atomic E-state index is 0.0524. The van der Waals surface area contributed by atoms with E-state index in [4.69, 9.17) is 0 Å². The Kier molecular flexibility index (Phi) is 4.02. The van der Waals surface area contributed by atoms with Crippen molar-refractivity contribution in [1.29, 1.82) is 0 Å². The van der Waals surface area contributed by atoms with E-state index in [0.29, 0.717) is 12.0 Å². The maximum absolute atomic E-state index is 9.40. The maximum Gasteiger partial charge on any atom is 0.0555 e. The second-order valence-corrected chi connectivity index (χ2v) is 4.32. The molecule has 1 saturated carbocycles. The number of aliphatic hydroxyl groups excluding tert-OH is 1. The number of rotatable bonds is 3. The van der Waals surface area contributed by atoms with E-state index in [1.54, 1.807) is 0 Å². The van der Waals surface area contributed by atoms with E-state index in [0.717, 1.165) is 19.4 Å². The lowest BCUT2D eigenvalue weighted by Crippen LogP contribution is -2.37. The van der Waals surface area contributed by atoms with Crippen LogP contribution in [0.1, 0.15) is 39.5 Å². The highest BCUT2D eigenvalue weighted by atomic mass is 16.3. The van der Waals surface area contributed by atoms with Crippen LogP contribution in [0, 0.1) is 5.92 Å². The van der Waals surface area contributed by atoms with E-state index in [-0.39, 0.29) is 6.10 Å². The topological polar surface area (TPSA) is 32.3 Å². The van der Waals surface area contributed by atoms with Crippen molar-refractivity contribution in [3.8, 4) is 0 Å². The van der Waals surface area contributed by atoms with Gasteiger partial charge in [0.1, 0.15) is 0 Å². The minimum Gasteiger partial charge on any atom is -0.393 e. The molecule has 0 aromatic heterocycles. The molecular formula is C10H21NO. The normalized spacial score (nSPS) is 31.0. The lowest BCUT2D eigenvalue weighted by atomic mass is 9.93. The molecular weight excluding hydrogens is 150 g/mol. The Morgan fingerprint density at radius 2 is 2.17 bits per heavy atom. The minimum atomic E-state index is -0.0524. The fourth-order valence-corrected chi connectivity index (χ4v) is 1.75. The zero-order valence-electron chi connectivity index (χ0n) is 8.21. The molecule has 0 aromatic carbocycles. The van der Waals surface area contributed by atoms with Crippen molar-refractivity contribution in [2.45, 2.75) is 51.7 Å². The molecule has 0 aliphatic heterocycles. The van der Waals surface area contributed by atoms with Gasteiger partial charge in [-0.15, -0.1) is 0 Å². The SMILES string of the molecule is CC(C)CNC1CCCC(O)C1. The molecule has 1 aliphatic rings. The van der Waals surface area contributed by atoms with Crippen molar-refractivity contribution < 1.29 is 5.11 Å². The average Bonchev–Trinajstić information content (AvgIpc) is 2.01. The van der Waals surface area contributed by atoms with Crippen LogP contribution in [0.5, 0.6) is 0 Å². The van der Waals surface area contributed by atoms with Gasteiger partial charge >= 0.3 is 0 Å². The first kappa shape index (κ1) is 10.0. The van der Waals surface area contributed by atoms with E-state index in [1.807, 2.05) is 0 Å². The predicted molar refractivity (Wildman–Crippen MR) is 51.1 cm³/mol. The highest BCUT2D eigenvalue weighted by Crippen LogP contribution is 2.18. The Labute approximate surface area is 75.4 Å². The Balaban J connectivity index is 2.14. The van der Waals surface area contributed by atoms with E-state index in [1.165, 1.54) is 12.8 Å². The summed E-state index contributed by atoms with van der Waals surface area (Å²) in [5.41, 5.74) is 0. The maximum atomic E-state index is 9.40. The first-order chi connectivity index (χ1) is 5.68. The third-order valence-electron chi connectivity index (χ3n) is 2.46. The molecule has 0 amide bonds. The van der Waals surface area contributed by atoms with Crippen molar-refractivity contribution in [3.63, 3.8) is 0 Å². The first-order valence-electron chi connectivity index (χ1n) is 5.10. The average molecular weight is 171 g/mol. The molecule has 0 saturated heterocycles. The Morgan fingerprint density at radius 3 is 2.75 bits per heavy atom. The van der Waals surface area contributed by atoms with Gasteiger partial charge in [-0.05, 0) is 38.1 Å². The molecule has 0 spiro atoms. The zero-order chi connectivity index (χ0) is 8.97. The molecule has 1 rings (SSSR count). The van der Waals surface area contributed by atoms with Gasteiger partial charge in [-0.2, -0.15) is 0 Å². The summed E-state index contributed by atoms with van der Waals surface area (Å²) in [5.74, 6) is 0.712. The number of hydrogen-bond donors (Lipinski definition) is 2. The number of aliphatic hydroxyl groups is 1. The smallest absolute Gasteiger partial charge is 0.0555 e. The Morgan fingerprint density at radius 1 is 1.42 bits per heavy atom. The summed E-state index contributed by atoms with van der Waals surface area (Å²) in [6.45, 7) is 5.51. The second kappa shape index (κ2) is 4.83. The lowest BCUT2D eigenvalue weighted by molar-refractivity contribution is 0.111. The molecule has 2 atom stereocenters. The van der Waals surface area contributed by atoms with Crippen LogP contribution in [-0.4, -0.2) is 23.8 Å². The summed E-state index contributed by atoms with van der Waals surface area (Å²) in [7, 11) is 0. The van der Waals surface area contributed by atoms with Crippen molar-refractivity contribution in [3.05, 3.63) is 0 Å². The molecule has 72 valence electrons. The highest BCUT2D eigenvalue weighted by molar-refractivity contribution is 4.77. The van der Waals surface area contributed by atoms with Gasteiger partial charge in [0.25, 0.3) is 0 Å². The van der Waals surface area contributed by atoms with Crippen LogP contribution >= 0.6 is 0 Å². The van der Waals surface area contributed by atoms with E-state index in [9.17, 15) is 5.11 Å². The molecule has 2 heteroatoms. The summed E-state index contributed by atoms with van der Waals surface area (Å²) in [6, 6.07) is 0.566.